The first-order chi connectivity index (χ1) is 10.5. The maximum absolute atomic E-state index is 12.0. The molecule has 0 radical (unpaired) electrons. The second-order valence-corrected chi connectivity index (χ2v) is 5.18. The fourth-order valence-corrected chi connectivity index (χ4v) is 2.20. The minimum atomic E-state index is -0.932. The van der Waals surface area contributed by atoms with E-state index >= 15 is 0 Å². The zero-order valence-electron chi connectivity index (χ0n) is 12.7. The molecule has 22 heavy (non-hydrogen) atoms. The van der Waals surface area contributed by atoms with Gasteiger partial charge in [0.25, 0.3) is 5.91 Å². The van der Waals surface area contributed by atoms with Crippen LogP contribution in [0.2, 0.25) is 0 Å². The summed E-state index contributed by atoms with van der Waals surface area (Å²) in [5.41, 5.74) is 3.51. The minimum Gasteiger partial charge on any atom is -0.481 e. The van der Waals surface area contributed by atoms with Gasteiger partial charge in [-0.25, -0.2) is 0 Å². The summed E-state index contributed by atoms with van der Waals surface area (Å²) >= 11 is 0. The zero-order chi connectivity index (χ0) is 16.1. The van der Waals surface area contributed by atoms with Crippen LogP contribution < -0.4 is 5.32 Å². The Morgan fingerprint density at radius 2 is 2.05 bits per heavy atom. The summed E-state index contributed by atoms with van der Waals surface area (Å²) in [6, 6.07) is 9.26. The summed E-state index contributed by atoms with van der Waals surface area (Å²) < 4.78 is 1.89. The Labute approximate surface area is 128 Å². The standard InChI is InChI=1S/C16H19N3O3/c1-11-8-12(2)19(18-11)10-13-4-3-5-14(9-13)16(22)17-7-6-15(20)21/h3-5,8-9H,6-7,10H2,1-2H3,(H,17,22)(H,20,21). The van der Waals surface area contributed by atoms with Crippen molar-refractivity contribution in [3.05, 3.63) is 52.8 Å². The highest BCUT2D eigenvalue weighted by atomic mass is 16.4. The first kappa shape index (κ1) is 15.8. The summed E-state index contributed by atoms with van der Waals surface area (Å²) in [7, 11) is 0. The quantitative estimate of drug-likeness (QED) is 0.851. The summed E-state index contributed by atoms with van der Waals surface area (Å²) in [5.74, 6) is -1.20. The molecule has 1 heterocycles. The maximum atomic E-state index is 12.0. The second kappa shape index (κ2) is 6.89. The molecule has 2 N–H and O–H groups in total. The third kappa shape index (κ3) is 4.18. The Kier molecular flexibility index (Phi) is 4.93. The largest absolute Gasteiger partial charge is 0.481 e. The van der Waals surface area contributed by atoms with Gasteiger partial charge >= 0.3 is 5.97 Å². The molecule has 0 fully saturated rings. The smallest absolute Gasteiger partial charge is 0.305 e. The lowest BCUT2D eigenvalue weighted by atomic mass is 10.1. The zero-order valence-corrected chi connectivity index (χ0v) is 12.7. The molecular weight excluding hydrogens is 282 g/mol. The van der Waals surface area contributed by atoms with E-state index in [9.17, 15) is 9.59 Å². The number of carboxylic acids is 1. The lowest BCUT2D eigenvalue weighted by Crippen LogP contribution is -2.26. The van der Waals surface area contributed by atoms with Gasteiger partial charge in [-0.1, -0.05) is 12.1 Å². The van der Waals surface area contributed by atoms with Gasteiger partial charge in [-0.2, -0.15) is 5.10 Å². The minimum absolute atomic E-state index is 0.0861. The van der Waals surface area contributed by atoms with E-state index in [2.05, 4.69) is 10.4 Å². The third-order valence-electron chi connectivity index (χ3n) is 3.25. The van der Waals surface area contributed by atoms with Crippen molar-refractivity contribution >= 4 is 11.9 Å². The number of carbonyl (C=O) groups is 2. The van der Waals surface area contributed by atoms with E-state index in [0.29, 0.717) is 12.1 Å². The number of aliphatic carboxylic acids is 1. The van der Waals surface area contributed by atoms with E-state index in [-0.39, 0.29) is 18.9 Å². The van der Waals surface area contributed by atoms with Gasteiger partial charge in [0.15, 0.2) is 0 Å². The van der Waals surface area contributed by atoms with E-state index in [1.165, 1.54) is 0 Å². The number of amides is 1. The van der Waals surface area contributed by atoms with Gasteiger partial charge in [0.2, 0.25) is 0 Å². The number of nitrogens with one attached hydrogen (secondary N) is 1. The number of nitrogens with zero attached hydrogens (tertiary/aromatic N) is 2. The number of rotatable bonds is 6. The first-order valence-corrected chi connectivity index (χ1v) is 7.05. The van der Waals surface area contributed by atoms with Crippen LogP contribution in [0.3, 0.4) is 0 Å². The predicted octanol–water partition coefficient (Wildman–Crippen LogP) is 1.75. The number of carbonyl (C=O) groups excluding carboxylic acids is 1. The van der Waals surface area contributed by atoms with Gasteiger partial charge < -0.3 is 10.4 Å². The van der Waals surface area contributed by atoms with Gasteiger partial charge in [0.05, 0.1) is 18.7 Å². The van der Waals surface area contributed by atoms with Crippen LogP contribution in [0, 0.1) is 13.8 Å². The highest BCUT2D eigenvalue weighted by Gasteiger charge is 2.08. The molecule has 1 aromatic heterocycles. The van der Waals surface area contributed by atoms with Gasteiger partial charge in [0.1, 0.15) is 0 Å². The van der Waals surface area contributed by atoms with Crippen molar-refractivity contribution in [3.63, 3.8) is 0 Å². The van der Waals surface area contributed by atoms with Crippen LogP contribution in [0.5, 0.6) is 0 Å². The van der Waals surface area contributed by atoms with Crippen molar-refractivity contribution in [1.82, 2.24) is 15.1 Å². The van der Waals surface area contributed by atoms with Gasteiger partial charge in [0, 0.05) is 17.8 Å². The Morgan fingerprint density at radius 3 is 2.68 bits per heavy atom. The lowest BCUT2D eigenvalue weighted by molar-refractivity contribution is -0.136. The summed E-state index contributed by atoms with van der Waals surface area (Å²) in [6.45, 7) is 4.64. The third-order valence-corrected chi connectivity index (χ3v) is 3.25. The molecule has 0 aliphatic heterocycles. The average molecular weight is 301 g/mol. The van der Waals surface area contributed by atoms with Crippen LogP contribution >= 0.6 is 0 Å². The summed E-state index contributed by atoms with van der Waals surface area (Å²) in [4.78, 5) is 22.4. The fourth-order valence-electron chi connectivity index (χ4n) is 2.20. The molecule has 0 aliphatic rings. The molecule has 6 heteroatoms. The molecule has 0 aliphatic carbocycles. The fraction of sp³-hybridized carbons (Fsp3) is 0.312. The maximum Gasteiger partial charge on any atom is 0.305 e. The topological polar surface area (TPSA) is 84.2 Å². The molecule has 6 nitrogen and oxygen atoms in total. The van der Waals surface area contributed by atoms with E-state index in [4.69, 9.17) is 5.11 Å². The summed E-state index contributed by atoms with van der Waals surface area (Å²) in [6.07, 6.45) is -0.0861. The molecule has 1 amide bonds. The molecule has 0 saturated carbocycles. The van der Waals surface area contributed by atoms with Crippen LogP contribution in [0.15, 0.2) is 30.3 Å². The van der Waals surface area contributed by atoms with Crippen LogP contribution in [-0.4, -0.2) is 33.3 Å². The van der Waals surface area contributed by atoms with Crippen LogP contribution in [0.4, 0.5) is 0 Å². The highest BCUT2D eigenvalue weighted by Crippen LogP contribution is 2.10. The molecular formula is C16H19N3O3. The molecule has 2 rings (SSSR count). The monoisotopic (exact) mass is 301 g/mol. The molecule has 116 valence electrons. The molecule has 0 saturated heterocycles. The first-order valence-electron chi connectivity index (χ1n) is 7.05. The second-order valence-electron chi connectivity index (χ2n) is 5.18. The number of aryl methyl sites for hydroxylation is 2. The Morgan fingerprint density at radius 1 is 1.27 bits per heavy atom. The normalized spacial score (nSPS) is 10.5. The van der Waals surface area contributed by atoms with Crippen LogP contribution in [-0.2, 0) is 11.3 Å². The van der Waals surface area contributed by atoms with Crippen molar-refractivity contribution in [2.45, 2.75) is 26.8 Å². The van der Waals surface area contributed by atoms with E-state index in [0.717, 1.165) is 17.0 Å². The number of aromatic nitrogens is 2. The summed E-state index contributed by atoms with van der Waals surface area (Å²) in [5, 5.41) is 15.6. The molecule has 0 unspecified atom stereocenters. The van der Waals surface area contributed by atoms with Crippen molar-refractivity contribution in [2.24, 2.45) is 0 Å². The molecule has 1 aromatic carbocycles. The van der Waals surface area contributed by atoms with Gasteiger partial charge in [-0.15, -0.1) is 0 Å². The Bertz CT molecular complexity index is 692. The van der Waals surface area contributed by atoms with Gasteiger partial charge in [-0.3, -0.25) is 14.3 Å². The molecule has 0 spiro atoms. The van der Waals surface area contributed by atoms with Crippen molar-refractivity contribution < 1.29 is 14.7 Å². The average Bonchev–Trinajstić information content (AvgIpc) is 2.76. The lowest BCUT2D eigenvalue weighted by Gasteiger charge is -2.08. The number of hydrogen-bond acceptors (Lipinski definition) is 3. The van der Waals surface area contributed by atoms with Crippen LogP contribution in [0.25, 0.3) is 0 Å². The SMILES string of the molecule is Cc1cc(C)n(Cc2cccc(C(=O)NCCC(=O)O)c2)n1. The Balaban J connectivity index is 2.04. The van der Waals surface area contributed by atoms with Crippen LogP contribution in [0.1, 0.15) is 33.7 Å². The van der Waals surface area contributed by atoms with Crippen molar-refractivity contribution in [3.8, 4) is 0 Å². The highest BCUT2D eigenvalue weighted by molar-refractivity contribution is 5.94. The predicted molar refractivity (Wildman–Crippen MR) is 81.8 cm³/mol. The molecule has 0 atom stereocenters. The van der Waals surface area contributed by atoms with E-state index < -0.39 is 5.97 Å². The molecule has 2 aromatic rings. The Hall–Kier alpha value is -2.63. The van der Waals surface area contributed by atoms with Crippen molar-refractivity contribution in [1.29, 1.82) is 0 Å². The van der Waals surface area contributed by atoms with E-state index in [1.54, 1.807) is 12.1 Å². The molecule has 0 bridgehead atoms. The number of hydrogen-bond donors (Lipinski definition) is 2. The van der Waals surface area contributed by atoms with Gasteiger partial charge in [-0.05, 0) is 37.6 Å². The number of benzene rings is 1. The number of carboxylic acid groups (broad SMARTS) is 1. The van der Waals surface area contributed by atoms with Crippen molar-refractivity contribution in [2.75, 3.05) is 6.54 Å². The van der Waals surface area contributed by atoms with E-state index in [1.807, 2.05) is 36.7 Å².